The highest BCUT2D eigenvalue weighted by Crippen LogP contribution is 2.34. The summed E-state index contributed by atoms with van der Waals surface area (Å²) in [4.78, 5) is 12.4. The molecule has 0 saturated heterocycles. The zero-order valence-electron chi connectivity index (χ0n) is 18.6. The van der Waals surface area contributed by atoms with Crippen molar-refractivity contribution in [2.45, 2.75) is 51.7 Å². The van der Waals surface area contributed by atoms with E-state index in [1.54, 1.807) is 0 Å². The number of hydrogen-bond acceptors (Lipinski definition) is 3. The van der Waals surface area contributed by atoms with Crippen LogP contribution in [0.2, 0.25) is 0 Å². The van der Waals surface area contributed by atoms with Gasteiger partial charge in [-0.15, -0.1) is 0 Å². The maximum Gasteiger partial charge on any atom is 0.319 e. The first-order chi connectivity index (χ1) is 15.5. The molecule has 1 aliphatic rings. The topological polar surface area (TPSA) is 70.6 Å². The number of carbonyl (C=O) groups is 1. The predicted octanol–water partition coefficient (Wildman–Crippen LogP) is 6.29. The summed E-state index contributed by atoms with van der Waals surface area (Å²) in [6.07, 6.45) is 2.35. The van der Waals surface area contributed by atoms with Crippen molar-refractivity contribution < 1.29 is 14.6 Å². The minimum Gasteiger partial charge on any atom is -0.457 e. The van der Waals surface area contributed by atoms with Gasteiger partial charge >= 0.3 is 6.03 Å². The third kappa shape index (κ3) is 5.29. The van der Waals surface area contributed by atoms with Gasteiger partial charge in [-0.25, -0.2) is 4.79 Å². The largest absolute Gasteiger partial charge is 0.457 e. The number of aliphatic hydroxyl groups is 1. The molecule has 0 radical (unpaired) electrons. The van der Waals surface area contributed by atoms with Crippen LogP contribution < -0.4 is 15.4 Å². The van der Waals surface area contributed by atoms with E-state index in [1.165, 1.54) is 5.56 Å². The molecule has 1 atom stereocenters. The molecule has 32 heavy (non-hydrogen) atoms. The number of benzene rings is 3. The van der Waals surface area contributed by atoms with Crippen molar-refractivity contribution in [2.24, 2.45) is 0 Å². The van der Waals surface area contributed by atoms with Gasteiger partial charge in [0.25, 0.3) is 0 Å². The lowest BCUT2D eigenvalue weighted by atomic mass is 9.89. The van der Waals surface area contributed by atoms with Crippen molar-refractivity contribution in [3.8, 4) is 11.5 Å². The second-order valence-corrected chi connectivity index (χ2v) is 8.57. The number of nitrogens with one attached hydrogen (secondary N) is 2. The highest BCUT2D eigenvalue weighted by Gasteiger charge is 2.18. The van der Waals surface area contributed by atoms with Crippen molar-refractivity contribution in [1.29, 1.82) is 0 Å². The zero-order chi connectivity index (χ0) is 22.5. The van der Waals surface area contributed by atoms with E-state index in [-0.39, 0.29) is 12.1 Å². The van der Waals surface area contributed by atoms with Crippen LogP contribution in [-0.4, -0.2) is 11.1 Å². The van der Waals surface area contributed by atoms with Gasteiger partial charge in [-0.1, -0.05) is 50.2 Å². The number of para-hydroxylation sites is 1. The SMILES string of the molecule is CC(C)c1cccc(NC(=O)NCc2ccccc2Oc2ccc3c(c2)CCCC3O)c1. The Kier molecular flexibility index (Phi) is 6.76. The van der Waals surface area contributed by atoms with Gasteiger partial charge in [0.2, 0.25) is 0 Å². The first kappa shape index (κ1) is 21.9. The van der Waals surface area contributed by atoms with Crippen LogP contribution in [0.1, 0.15) is 61.0 Å². The van der Waals surface area contributed by atoms with Crippen LogP contribution in [0.15, 0.2) is 66.7 Å². The lowest BCUT2D eigenvalue weighted by Gasteiger charge is -2.22. The van der Waals surface area contributed by atoms with Gasteiger partial charge in [0.05, 0.1) is 6.10 Å². The van der Waals surface area contributed by atoms with Gasteiger partial charge in [0.15, 0.2) is 0 Å². The molecule has 0 spiro atoms. The summed E-state index contributed by atoms with van der Waals surface area (Å²) in [6, 6.07) is 21.2. The Balaban J connectivity index is 1.41. The van der Waals surface area contributed by atoms with Crippen LogP contribution in [0, 0.1) is 0 Å². The average Bonchev–Trinajstić information content (AvgIpc) is 2.79. The van der Waals surface area contributed by atoms with Gasteiger partial charge < -0.3 is 20.5 Å². The van der Waals surface area contributed by atoms with Crippen molar-refractivity contribution in [1.82, 2.24) is 5.32 Å². The Labute approximate surface area is 189 Å². The minimum absolute atomic E-state index is 0.261. The molecule has 4 rings (SSSR count). The van der Waals surface area contributed by atoms with Crippen LogP contribution >= 0.6 is 0 Å². The molecule has 0 heterocycles. The lowest BCUT2D eigenvalue weighted by Crippen LogP contribution is -2.28. The lowest BCUT2D eigenvalue weighted by molar-refractivity contribution is 0.156. The predicted molar refractivity (Wildman–Crippen MR) is 127 cm³/mol. The van der Waals surface area contributed by atoms with E-state index >= 15 is 0 Å². The van der Waals surface area contributed by atoms with Crippen LogP contribution in [-0.2, 0) is 13.0 Å². The second-order valence-electron chi connectivity index (χ2n) is 8.57. The van der Waals surface area contributed by atoms with Gasteiger partial charge in [-0.3, -0.25) is 0 Å². The minimum atomic E-state index is -0.385. The summed E-state index contributed by atoms with van der Waals surface area (Å²) >= 11 is 0. The Morgan fingerprint density at radius 1 is 1.09 bits per heavy atom. The Morgan fingerprint density at radius 3 is 2.78 bits per heavy atom. The van der Waals surface area contributed by atoms with E-state index in [1.807, 2.05) is 60.7 Å². The molecule has 1 aliphatic carbocycles. The van der Waals surface area contributed by atoms with E-state index in [9.17, 15) is 9.90 Å². The molecule has 3 N–H and O–H groups in total. The van der Waals surface area contributed by atoms with Crippen molar-refractivity contribution >= 4 is 11.7 Å². The Hall–Kier alpha value is -3.31. The molecule has 0 bridgehead atoms. The molecule has 0 fully saturated rings. The van der Waals surface area contributed by atoms with Gasteiger partial charge in [-0.05, 0) is 72.2 Å². The Bertz CT molecular complexity index is 1090. The molecular formula is C27H30N2O3. The van der Waals surface area contributed by atoms with E-state index < -0.39 is 0 Å². The number of carbonyl (C=O) groups excluding carboxylic acids is 1. The summed E-state index contributed by atoms with van der Waals surface area (Å²) in [7, 11) is 0. The normalized spacial score (nSPS) is 15.2. The third-order valence-corrected chi connectivity index (χ3v) is 5.85. The zero-order valence-corrected chi connectivity index (χ0v) is 18.6. The Morgan fingerprint density at radius 2 is 1.94 bits per heavy atom. The molecule has 1 unspecified atom stereocenters. The number of ether oxygens (including phenoxy) is 1. The fourth-order valence-corrected chi connectivity index (χ4v) is 4.03. The molecule has 2 amide bonds. The van der Waals surface area contributed by atoms with Gasteiger partial charge in [-0.2, -0.15) is 0 Å². The highest BCUT2D eigenvalue weighted by molar-refractivity contribution is 5.89. The molecule has 0 aromatic heterocycles. The summed E-state index contributed by atoms with van der Waals surface area (Å²) in [5.41, 5.74) is 4.97. The number of rotatable bonds is 6. The summed E-state index contributed by atoms with van der Waals surface area (Å²) < 4.78 is 6.15. The van der Waals surface area contributed by atoms with Crippen LogP contribution in [0.5, 0.6) is 11.5 Å². The first-order valence-electron chi connectivity index (χ1n) is 11.2. The number of urea groups is 1. The standard InChI is InChI=1S/C27H30N2O3/c1-18(2)19-8-5-10-22(15-19)29-27(31)28-17-21-7-3-4-12-26(21)32-23-13-14-24-20(16-23)9-6-11-25(24)30/h3-5,7-8,10,12-16,18,25,30H,6,9,11,17H2,1-2H3,(H2,28,29,31). The van der Waals surface area contributed by atoms with Gasteiger partial charge in [0.1, 0.15) is 11.5 Å². The number of hydrogen-bond donors (Lipinski definition) is 3. The van der Waals surface area contributed by atoms with Crippen LogP contribution in [0.3, 0.4) is 0 Å². The summed E-state index contributed by atoms with van der Waals surface area (Å²) in [6.45, 7) is 4.59. The van der Waals surface area contributed by atoms with E-state index in [0.29, 0.717) is 18.2 Å². The molecule has 3 aromatic rings. The van der Waals surface area contributed by atoms with Crippen molar-refractivity contribution in [2.75, 3.05) is 5.32 Å². The van der Waals surface area contributed by atoms with E-state index in [0.717, 1.165) is 47.4 Å². The molecular weight excluding hydrogens is 400 g/mol. The first-order valence-corrected chi connectivity index (χ1v) is 11.2. The molecule has 5 nitrogen and oxygen atoms in total. The second kappa shape index (κ2) is 9.88. The molecule has 3 aromatic carbocycles. The number of fused-ring (bicyclic) bond motifs is 1. The smallest absolute Gasteiger partial charge is 0.319 e. The quantitative estimate of drug-likeness (QED) is 0.430. The third-order valence-electron chi connectivity index (χ3n) is 5.85. The molecule has 0 aliphatic heterocycles. The van der Waals surface area contributed by atoms with Crippen LogP contribution in [0.4, 0.5) is 10.5 Å². The number of aliphatic hydroxyl groups excluding tert-OH is 1. The number of anilines is 1. The average molecular weight is 431 g/mol. The highest BCUT2D eigenvalue weighted by atomic mass is 16.5. The number of amides is 2. The van der Waals surface area contributed by atoms with Crippen molar-refractivity contribution in [3.63, 3.8) is 0 Å². The maximum absolute atomic E-state index is 12.4. The molecule has 0 saturated carbocycles. The summed E-state index contributed by atoms with van der Waals surface area (Å²) in [5.74, 6) is 1.84. The monoisotopic (exact) mass is 430 g/mol. The molecule has 166 valence electrons. The molecule has 5 heteroatoms. The fraction of sp³-hybridized carbons (Fsp3) is 0.296. The summed E-state index contributed by atoms with van der Waals surface area (Å²) in [5, 5.41) is 16.0. The van der Waals surface area contributed by atoms with E-state index in [2.05, 4.69) is 30.5 Å². The number of aryl methyl sites for hydroxylation is 1. The maximum atomic E-state index is 12.4. The van der Waals surface area contributed by atoms with Gasteiger partial charge in [0, 0.05) is 17.8 Å². The van der Waals surface area contributed by atoms with Crippen LogP contribution in [0.25, 0.3) is 0 Å². The van der Waals surface area contributed by atoms with Crippen molar-refractivity contribution in [3.05, 3.63) is 89.0 Å². The fourth-order valence-electron chi connectivity index (χ4n) is 4.03. The van der Waals surface area contributed by atoms with E-state index in [4.69, 9.17) is 4.74 Å².